The zero-order valence-corrected chi connectivity index (χ0v) is 15.9. The first kappa shape index (κ1) is 18.2. The minimum atomic E-state index is -0.204. The maximum Gasteiger partial charge on any atom is 0.271 e. The summed E-state index contributed by atoms with van der Waals surface area (Å²) in [4.78, 5) is 34.4. The highest BCUT2D eigenvalue weighted by Gasteiger charge is 2.32. The predicted molar refractivity (Wildman–Crippen MR) is 106 cm³/mol. The highest BCUT2D eigenvalue weighted by atomic mass is 16.6. The molecular formula is C22H23N3O3. The Kier molecular flexibility index (Phi) is 5.10. The number of rotatable bonds is 3. The summed E-state index contributed by atoms with van der Waals surface area (Å²) in [5.41, 5.74) is 3.28. The molecule has 2 heterocycles. The van der Waals surface area contributed by atoms with Crippen LogP contribution in [0.15, 0.2) is 59.8 Å². The maximum atomic E-state index is 12.8. The second kappa shape index (κ2) is 7.84. The Labute approximate surface area is 164 Å². The summed E-state index contributed by atoms with van der Waals surface area (Å²) in [6.07, 6.45) is 0.273. The Morgan fingerprint density at radius 3 is 2.14 bits per heavy atom. The topological polar surface area (TPSA) is 62.2 Å². The predicted octanol–water partition coefficient (Wildman–Crippen LogP) is 2.80. The lowest BCUT2D eigenvalue weighted by Gasteiger charge is -2.34. The molecule has 0 radical (unpaired) electrons. The van der Waals surface area contributed by atoms with E-state index in [4.69, 9.17) is 4.84 Å². The van der Waals surface area contributed by atoms with E-state index in [1.54, 1.807) is 9.80 Å². The van der Waals surface area contributed by atoms with Gasteiger partial charge in [-0.3, -0.25) is 9.59 Å². The quantitative estimate of drug-likeness (QED) is 0.826. The molecule has 6 heteroatoms. The van der Waals surface area contributed by atoms with Crippen molar-refractivity contribution >= 4 is 17.5 Å². The van der Waals surface area contributed by atoms with Gasteiger partial charge in [0.25, 0.3) is 11.8 Å². The van der Waals surface area contributed by atoms with E-state index in [2.05, 4.69) is 5.16 Å². The number of carbonyl (C=O) groups excluding carboxylic acids is 2. The van der Waals surface area contributed by atoms with Crippen molar-refractivity contribution in [2.45, 2.75) is 19.4 Å². The number of hydrogen-bond acceptors (Lipinski definition) is 4. The number of hydrogen-bond donors (Lipinski definition) is 0. The summed E-state index contributed by atoms with van der Waals surface area (Å²) < 4.78 is 0. The lowest BCUT2D eigenvalue weighted by atomic mass is 10.0. The van der Waals surface area contributed by atoms with E-state index in [0.29, 0.717) is 43.9 Å². The molecule has 144 valence electrons. The van der Waals surface area contributed by atoms with E-state index >= 15 is 0 Å². The van der Waals surface area contributed by atoms with Gasteiger partial charge in [0.2, 0.25) is 0 Å². The summed E-state index contributed by atoms with van der Waals surface area (Å²) in [5.74, 6) is -0.0846. The summed E-state index contributed by atoms with van der Waals surface area (Å²) in [6, 6.07) is 17.4. The monoisotopic (exact) mass is 377 g/mol. The Hall–Kier alpha value is -3.15. The van der Waals surface area contributed by atoms with Crippen molar-refractivity contribution in [2.24, 2.45) is 5.16 Å². The van der Waals surface area contributed by atoms with Crippen LogP contribution in [0.5, 0.6) is 0 Å². The largest absolute Gasteiger partial charge is 0.387 e. The van der Waals surface area contributed by atoms with Gasteiger partial charge >= 0.3 is 0 Å². The van der Waals surface area contributed by atoms with Crippen LogP contribution in [0, 0.1) is 6.92 Å². The van der Waals surface area contributed by atoms with Gasteiger partial charge in [0.1, 0.15) is 5.71 Å². The Morgan fingerprint density at radius 2 is 1.50 bits per heavy atom. The Bertz CT molecular complexity index is 885. The van der Waals surface area contributed by atoms with E-state index in [9.17, 15) is 9.59 Å². The molecule has 6 nitrogen and oxygen atoms in total. The van der Waals surface area contributed by atoms with Crippen LogP contribution in [-0.4, -0.2) is 53.5 Å². The van der Waals surface area contributed by atoms with Gasteiger partial charge in [0.05, 0.1) is 0 Å². The van der Waals surface area contributed by atoms with Crippen molar-refractivity contribution in [1.29, 1.82) is 0 Å². The highest BCUT2D eigenvalue weighted by Crippen LogP contribution is 2.27. The molecule has 2 aromatic carbocycles. The Balaban J connectivity index is 1.32. The molecule has 0 bridgehead atoms. The average molecular weight is 377 g/mol. The highest BCUT2D eigenvalue weighted by molar-refractivity contribution is 6.39. The molecular weight excluding hydrogens is 354 g/mol. The normalized spacial score (nSPS) is 19.2. The lowest BCUT2D eigenvalue weighted by Crippen LogP contribution is -2.52. The van der Waals surface area contributed by atoms with E-state index in [0.717, 1.165) is 11.1 Å². The minimum Gasteiger partial charge on any atom is -0.387 e. The van der Waals surface area contributed by atoms with Gasteiger partial charge in [-0.05, 0) is 24.6 Å². The molecule has 0 N–H and O–H groups in total. The van der Waals surface area contributed by atoms with Crippen molar-refractivity contribution < 1.29 is 14.4 Å². The number of piperazine rings is 1. The summed E-state index contributed by atoms with van der Waals surface area (Å²) in [6.45, 7) is 4.05. The van der Waals surface area contributed by atoms with E-state index in [1.807, 2.05) is 61.5 Å². The smallest absolute Gasteiger partial charge is 0.271 e. The molecule has 2 amide bonds. The van der Waals surface area contributed by atoms with Crippen LogP contribution in [-0.2, 0) is 9.63 Å². The van der Waals surface area contributed by atoms with Crippen LogP contribution >= 0.6 is 0 Å². The van der Waals surface area contributed by atoms with Crippen LogP contribution in [0.2, 0.25) is 0 Å². The molecule has 2 aromatic rings. The molecule has 1 atom stereocenters. The van der Waals surface area contributed by atoms with Gasteiger partial charge in [0.15, 0.2) is 6.10 Å². The third-order valence-electron chi connectivity index (χ3n) is 5.24. The Morgan fingerprint density at radius 1 is 0.893 bits per heavy atom. The summed E-state index contributed by atoms with van der Waals surface area (Å²) in [7, 11) is 0. The van der Waals surface area contributed by atoms with Crippen LogP contribution in [0.25, 0.3) is 0 Å². The third kappa shape index (κ3) is 3.76. The fourth-order valence-electron chi connectivity index (χ4n) is 3.52. The number of amides is 2. The van der Waals surface area contributed by atoms with E-state index < -0.39 is 0 Å². The number of aryl methyl sites for hydroxylation is 1. The molecule has 0 aliphatic carbocycles. The van der Waals surface area contributed by atoms with Gasteiger partial charge in [-0.15, -0.1) is 0 Å². The zero-order valence-electron chi connectivity index (χ0n) is 15.9. The third-order valence-corrected chi connectivity index (χ3v) is 5.24. The molecule has 0 spiro atoms. The van der Waals surface area contributed by atoms with Crippen LogP contribution in [0.1, 0.15) is 34.0 Å². The fraction of sp³-hybridized carbons (Fsp3) is 0.318. The van der Waals surface area contributed by atoms with Crippen LogP contribution in [0.4, 0.5) is 0 Å². The molecule has 4 rings (SSSR count). The lowest BCUT2D eigenvalue weighted by molar-refractivity contribution is -0.125. The molecule has 1 unspecified atom stereocenters. The second-order valence-corrected chi connectivity index (χ2v) is 7.20. The molecule has 0 saturated carbocycles. The number of nitrogens with zero attached hydrogens (tertiary/aromatic N) is 3. The molecule has 1 saturated heterocycles. The van der Waals surface area contributed by atoms with Gasteiger partial charge in [-0.25, -0.2) is 0 Å². The van der Waals surface area contributed by atoms with Crippen LogP contribution in [0.3, 0.4) is 0 Å². The van der Waals surface area contributed by atoms with E-state index in [-0.39, 0.29) is 17.9 Å². The molecule has 0 aromatic heterocycles. The molecule has 2 aliphatic heterocycles. The second-order valence-electron chi connectivity index (χ2n) is 7.20. The molecule has 28 heavy (non-hydrogen) atoms. The van der Waals surface area contributed by atoms with Gasteiger partial charge in [-0.1, -0.05) is 53.2 Å². The zero-order chi connectivity index (χ0) is 19.5. The number of oxime groups is 1. The summed E-state index contributed by atoms with van der Waals surface area (Å²) in [5, 5.41) is 4.02. The van der Waals surface area contributed by atoms with Crippen molar-refractivity contribution in [3.8, 4) is 0 Å². The van der Waals surface area contributed by atoms with Crippen LogP contribution < -0.4 is 0 Å². The van der Waals surface area contributed by atoms with Crippen molar-refractivity contribution in [2.75, 3.05) is 26.2 Å². The standard InChI is InChI=1S/C22H23N3O3/c1-16-7-9-18(10-8-16)21(26)24-11-13-25(14-12-24)22(27)19-15-20(28-23-19)17-5-3-2-4-6-17/h2-10,20H,11-15H2,1H3. The summed E-state index contributed by atoms with van der Waals surface area (Å²) >= 11 is 0. The van der Waals surface area contributed by atoms with Crippen molar-refractivity contribution in [3.05, 3.63) is 71.3 Å². The maximum absolute atomic E-state index is 12.8. The first-order valence-corrected chi connectivity index (χ1v) is 9.54. The number of benzene rings is 2. The molecule has 1 fully saturated rings. The van der Waals surface area contributed by atoms with Gasteiger partial charge in [0, 0.05) is 38.2 Å². The number of carbonyl (C=O) groups is 2. The van der Waals surface area contributed by atoms with E-state index in [1.165, 1.54) is 0 Å². The first-order valence-electron chi connectivity index (χ1n) is 9.54. The fourth-order valence-corrected chi connectivity index (χ4v) is 3.52. The van der Waals surface area contributed by atoms with Crippen molar-refractivity contribution in [1.82, 2.24) is 9.80 Å². The average Bonchev–Trinajstić information content (AvgIpc) is 3.24. The van der Waals surface area contributed by atoms with Gasteiger partial charge in [-0.2, -0.15) is 0 Å². The van der Waals surface area contributed by atoms with Crippen molar-refractivity contribution in [3.63, 3.8) is 0 Å². The van der Waals surface area contributed by atoms with Gasteiger partial charge < -0.3 is 14.6 Å². The molecule has 2 aliphatic rings. The SMILES string of the molecule is Cc1ccc(C(=O)N2CCN(C(=O)C3=NOC(c4ccccc4)C3)CC2)cc1. The minimum absolute atomic E-state index is 0.0118. The first-order chi connectivity index (χ1) is 13.6.